The zero-order valence-corrected chi connectivity index (χ0v) is 11.7. The van der Waals surface area contributed by atoms with Gasteiger partial charge in [-0.2, -0.15) is 0 Å². The molecule has 1 fully saturated rings. The molecule has 0 amide bonds. The Morgan fingerprint density at radius 1 is 1.15 bits per heavy atom. The topological polar surface area (TPSA) is 47.1 Å². The summed E-state index contributed by atoms with van der Waals surface area (Å²) in [6.45, 7) is 5.23. The van der Waals surface area contributed by atoms with E-state index in [1.165, 1.54) is 11.0 Å². The van der Waals surface area contributed by atoms with Gasteiger partial charge in [-0.05, 0) is 45.0 Å². The monoisotopic (exact) mass is 269 g/mol. The van der Waals surface area contributed by atoms with Gasteiger partial charge in [-0.1, -0.05) is 12.1 Å². The molecule has 1 aliphatic heterocycles. The highest BCUT2D eigenvalue weighted by Crippen LogP contribution is 2.28. The van der Waals surface area contributed by atoms with Gasteiger partial charge in [0.25, 0.3) is 0 Å². The number of rotatable bonds is 2. The molecule has 104 valence electrons. The van der Waals surface area contributed by atoms with Crippen molar-refractivity contribution in [3.8, 4) is 0 Å². The summed E-state index contributed by atoms with van der Waals surface area (Å²) < 4.78 is 4.50. The van der Waals surface area contributed by atoms with Gasteiger partial charge in [0, 0.05) is 12.5 Å². The third kappa shape index (κ3) is 1.59. The van der Waals surface area contributed by atoms with E-state index in [1.54, 1.807) is 0 Å². The molecule has 20 heavy (non-hydrogen) atoms. The SMILES string of the molecule is CCn1c2ccccc2n2c(C3CCNCC3)nnc12. The molecule has 0 saturated carbocycles. The van der Waals surface area contributed by atoms with Gasteiger partial charge in [0.15, 0.2) is 0 Å². The second-order valence-electron chi connectivity index (χ2n) is 5.45. The molecule has 1 saturated heterocycles. The smallest absolute Gasteiger partial charge is 0.236 e. The highest BCUT2D eigenvalue weighted by atomic mass is 15.3. The van der Waals surface area contributed by atoms with Crippen LogP contribution in [0.15, 0.2) is 24.3 Å². The van der Waals surface area contributed by atoms with Crippen molar-refractivity contribution in [1.29, 1.82) is 0 Å². The van der Waals surface area contributed by atoms with Crippen LogP contribution in [0.2, 0.25) is 0 Å². The molecule has 4 rings (SSSR count). The maximum Gasteiger partial charge on any atom is 0.236 e. The Balaban J connectivity index is 1.99. The molecule has 1 aliphatic rings. The Labute approximate surface area is 117 Å². The number of hydrogen-bond donors (Lipinski definition) is 1. The molecule has 0 unspecified atom stereocenters. The maximum absolute atomic E-state index is 4.50. The minimum absolute atomic E-state index is 0.516. The van der Waals surface area contributed by atoms with Crippen molar-refractivity contribution in [2.24, 2.45) is 0 Å². The van der Waals surface area contributed by atoms with Gasteiger partial charge in [-0.3, -0.25) is 4.40 Å². The van der Waals surface area contributed by atoms with Crippen molar-refractivity contribution >= 4 is 16.8 Å². The van der Waals surface area contributed by atoms with Crippen molar-refractivity contribution in [3.05, 3.63) is 30.1 Å². The third-order valence-corrected chi connectivity index (χ3v) is 4.35. The van der Waals surface area contributed by atoms with Gasteiger partial charge in [-0.15, -0.1) is 10.2 Å². The van der Waals surface area contributed by atoms with E-state index in [9.17, 15) is 0 Å². The van der Waals surface area contributed by atoms with Crippen molar-refractivity contribution in [2.75, 3.05) is 13.1 Å². The molecule has 2 aromatic heterocycles. The van der Waals surface area contributed by atoms with E-state index in [1.807, 2.05) is 0 Å². The van der Waals surface area contributed by atoms with Crippen LogP contribution >= 0.6 is 0 Å². The maximum atomic E-state index is 4.50. The van der Waals surface area contributed by atoms with Gasteiger partial charge >= 0.3 is 0 Å². The molecule has 3 heterocycles. The van der Waals surface area contributed by atoms with Crippen LogP contribution in [0.4, 0.5) is 0 Å². The number of benzene rings is 1. The molecule has 3 aromatic rings. The van der Waals surface area contributed by atoms with Crippen LogP contribution in [-0.4, -0.2) is 32.3 Å². The summed E-state index contributed by atoms with van der Waals surface area (Å²) in [7, 11) is 0. The fourth-order valence-corrected chi connectivity index (χ4v) is 3.34. The van der Waals surface area contributed by atoms with E-state index in [2.05, 4.69) is 55.7 Å². The molecule has 5 nitrogen and oxygen atoms in total. The average Bonchev–Trinajstić information content (AvgIpc) is 3.06. The second-order valence-corrected chi connectivity index (χ2v) is 5.45. The molecular weight excluding hydrogens is 250 g/mol. The molecule has 1 N–H and O–H groups in total. The van der Waals surface area contributed by atoms with Gasteiger partial charge in [0.2, 0.25) is 5.78 Å². The van der Waals surface area contributed by atoms with Crippen LogP contribution in [0.1, 0.15) is 31.5 Å². The first-order valence-corrected chi connectivity index (χ1v) is 7.43. The van der Waals surface area contributed by atoms with Gasteiger partial charge in [-0.25, -0.2) is 0 Å². The Hall–Kier alpha value is -1.88. The number of imidazole rings is 1. The number of aryl methyl sites for hydroxylation is 1. The first-order chi connectivity index (χ1) is 9.90. The quantitative estimate of drug-likeness (QED) is 0.775. The van der Waals surface area contributed by atoms with Crippen LogP contribution in [0.25, 0.3) is 16.8 Å². The van der Waals surface area contributed by atoms with E-state index in [0.29, 0.717) is 5.92 Å². The lowest BCUT2D eigenvalue weighted by Gasteiger charge is -2.20. The molecule has 5 heteroatoms. The van der Waals surface area contributed by atoms with E-state index < -0.39 is 0 Å². The minimum atomic E-state index is 0.516. The summed E-state index contributed by atoms with van der Waals surface area (Å²) in [5, 5.41) is 12.4. The van der Waals surface area contributed by atoms with Crippen molar-refractivity contribution in [2.45, 2.75) is 32.2 Å². The normalized spacial score (nSPS) is 17.2. The fourth-order valence-electron chi connectivity index (χ4n) is 3.34. The molecular formula is C15H19N5. The summed E-state index contributed by atoms with van der Waals surface area (Å²) in [5.41, 5.74) is 2.47. The number of piperidine rings is 1. The minimum Gasteiger partial charge on any atom is -0.317 e. The second kappa shape index (κ2) is 4.59. The third-order valence-electron chi connectivity index (χ3n) is 4.35. The standard InChI is InChI=1S/C15H19N5/c1-2-19-12-5-3-4-6-13(12)20-14(17-18-15(19)20)11-7-9-16-10-8-11/h3-6,11,16H,2,7-10H2,1H3. The molecule has 0 radical (unpaired) electrons. The van der Waals surface area contributed by atoms with Crippen LogP contribution in [0, 0.1) is 0 Å². The number of aromatic nitrogens is 4. The molecule has 0 spiro atoms. The van der Waals surface area contributed by atoms with Gasteiger partial charge in [0.1, 0.15) is 5.82 Å². The van der Waals surface area contributed by atoms with E-state index >= 15 is 0 Å². The Morgan fingerprint density at radius 3 is 2.65 bits per heavy atom. The molecule has 0 bridgehead atoms. The van der Waals surface area contributed by atoms with Crippen LogP contribution < -0.4 is 5.32 Å². The number of nitrogens with zero attached hydrogens (tertiary/aromatic N) is 4. The van der Waals surface area contributed by atoms with Crippen molar-refractivity contribution in [3.63, 3.8) is 0 Å². The van der Waals surface area contributed by atoms with E-state index in [-0.39, 0.29) is 0 Å². The fraction of sp³-hybridized carbons (Fsp3) is 0.467. The van der Waals surface area contributed by atoms with Crippen LogP contribution in [0.3, 0.4) is 0 Å². The molecule has 0 aliphatic carbocycles. The predicted octanol–water partition coefficient (Wildman–Crippen LogP) is 2.17. The van der Waals surface area contributed by atoms with Crippen LogP contribution in [0.5, 0.6) is 0 Å². The summed E-state index contributed by atoms with van der Waals surface area (Å²) >= 11 is 0. The Bertz CT molecular complexity index is 748. The average molecular weight is 269 g/mol. The summed E-state index contributed by atoms with van der Waals surface area (Å²) in [5.74, 6) is 2.62. The Kier molecular flexibility index (Phi) is 2.73. The number of para-hydroxylation sites is 2. The van der Waals surface area contributed by atoms with Gasteiger partial charge < -0.3 is 9.88 Å². The summed E-state index contributed by atoms with van der Waals surface area (Å²) in [6, 6.07) is 8.52. The summed E-state index contributed by atoms with van der Waals surface area (Å²) in [6.07, 6.45) is 2.29. The van der Waals surface area contributed by atoms with E-state index in [4.69, 9.17) is 0 Å². The zero-order chi connectivity index (χ0) is 13.5. The lowest BCUT2D eigenvalue weighted by molar-refractivity contribution is 0.443. The lowest BCUT2D eigenvalue weighted by Crippen LogP contribution is -2.27. The Morgan fingerprint density at radius 2 is 1.90 bits per heavy atom. The highest BCUT2D eigenvalue weighted by molar-refractivity contribution is 5.81. The number of hydrogen-bond acceptors (Lipinski definition) is 3. The summed E-state index contributed by atoms with van der Waals surface area (Å²) in [4.78, 5) is 0. The first-order valence-electron chi connectivity index (χ1n) is 7.43. The zero-order valence-electron chi connectivity index (χ0n) is 11.7. The highest BCUT2D eigenvalue weighted by Gasteiger charge is 2.23. The van der Waals surface area contributed by atoms with Crippen molar-refractivity contribution < 1.29 is 0 Å². The van der Waals surface area contributed by atoms with Crippen LogP contribution in [-0.2, 0) is 6.54 Å². The molecule has 0 atom stereocenters. The predicted molar refractivity (Wildman–Crippen MR) is 79.0 cm³/mol. The molecule has 1 aromatic carbocycles. The van der Waals surface area contributed by atoms with Gasteiger partial charge in [0.05, 0.1) is 11.0 Å². The van der Waals surface area contributed by atoms with Crippen molar-refractivity contribution in [1.82, 2.24) is 24.5 Å². The van der Waals surface area contributed by atoms with E-state index in [0.717, 1.165) is 44.1 Å². The number of nitrogens with one attached hydrogen (secondary N) is 1. The largest absolute Gasteiger partial charge is 0.317 e. The lowest BCUT2D eigenvalue weighted by atomic mass is 9.97. The first kappa shape index (κ1) is 11.9. The number of fused-ring (bicyclic) bond motifs is 3.